The molecule has 0 saturated carbocycles. The summed E-state index contributed by atoms with van der Waals surface area (Å²) in [5.74, 6) is 0. The smallest absolute Gasteiger partial charge is 0.415 e. The third-order valence-electron chi connectivity index (χ3n) is 3.70. The SMILES string of the molecule is O=C(O)n1ccc2cc(/C=C/CN3CCOCC3)ccc21. The Balaban J connectivity index is 1.71. The zero-order valence-corrected chi connectivity index (χ0v) is 11.7. The van der Waals surface area contributed by atoms with Crippen molar-refractivity contribution in [2.75, 3.05) is 32.8 Å². The van der Waals surface area contributed by atoms with E-state index in [9.17, 15) is 4.79 Å². The molecule has 2 heterocycles. The summed E-state index contributed by atoms with van der Waals surface area (Å²) in [4.78, 5) is 13.4. The van der Waals surface area contributed by atoms with E-state index in [2.05, 4.69) is 17.1 Å². The Bertz CT molecular complexity index is 669. The number of hydrogen-bond acceptors (Lipinski definition) is 3. The third-order valence-corrected chi connectivity index (χ3v) is 3.70. The summed E-state index contributed by atoms with van der Waals surface area (Å²) >= 11 is 0. The van der Waals surface area contributed by atoms with Crippen LogP contribution in [0.2, 0.25) is 0 Å². The molecule has 21 heavy (non-hydrogen) atoms. The Labute approximate surface area is 123 Å². The summed E-state index contributed by atoms with van der Waals surface area (Å²) in [6.07, 6.45) is 4.84. The average Bonchev–Trinajstić information content (AvgIpc) is 2.91. The van der Waals surface area contributed by atoms with Crippen LogP contribution in [0.1, 0.15) is 5.56 Å². The van der Waals surface area contributed by atoms with Gasteiger partial charge in [-0.1, -0.05) is 18.2 Å². The minimum Gasteiger partial charge on any atom is -0.464 e. The molecular weight excluding hydrogens is 268 g/mol. The molecule has 1 N–H and O–H groups in total. The van der Waals surface area contributed by atoms with Crippen LogP contribution in [0.4, 0.5) is 4.79 Å². The Kier molecular flexibility index (Phi) is 4.03. The van der Waals surface area contributed by atoms with Crippen molar-refractivity contribution >= 4 is 23.1 Å². The number of hydrogen-bond donors (Lipinski definition) is 1. The molecule has 0 spiro atoms. The number of ether oxygens (including phenoxy) is 1. The molecule has 0 amide bonds. The Hall–Kier alpha value is -2.11. The van der Waals surface area contributed by atoms with Crippen LogP contribution in [-0.4, -0.2) is 53.5 Å². The molecule has 1 aromatic heterocycles. The number of carboxylic acid groups (broad SMARTS) is 1. The van der Waals surface area contributed by atoms with Crippen molar-refractivity contribution < 1.29 is 14.6 Å². The number of fused-ring (bicyclic) bond motifs is 1. The van der Waals surface area contributed by atoms with Gasteiger partial charge < -0.3 is 9.84 Å². The molecule has 0 bridgehead atoms. The van der Waals surface area contributed by atoms with Crippen LogP contribution in [0.25, 0.3) is 17.0 Å². The minimum absolute atomic E-state index is 0.716. The van der Waals surface area contributed by atoms with Crippen molar-refractivity contribution in [2.24, 2.45) is 0 Å². The van der Waals surface area contributed by atoms with E-state index in [4.69, 9.17) is 9.84 Å². The predicted octanol–water partition coefficient (Wildman–Crippen LogP) is 2.51. The lowest BCUT2D eigenvalue weighted by atomic mass is 10.1. The van der Waals surface area contributed by atoms with Gasteiger partial charge in [-0.05, 0) is 23.8 Å². The van der Waals surface area contributed by atoms with Gasteiger partial charge in [-0.25, -0.2) is 4.79 Å². The third kappa shape index (κ3) is 3.15. The van der Waals surface area contributed by atoms with Crippen LogP contribution < -0.4 is 0 Å². The van der Waals surface area contributed by atoms with Gasteiger partial charge in [-0.15, -0.1) is 0 Å². The van der Waals surface area contributed by atoms with E-state index >= 15 is 0 Å². The van der Waals surface area contributed by atoms with Gasteiger partial charge in [0.2, 0.25) is 0 Å². The number of carbonyl (C=O) groups is 1. The number of nitrogens with zero attached hydrogens (tertiary/aromatic N) is 2. The van der Waals surface area contributed by atoms with Crippen molar-refractivity contribution in [3.63, 3.8) is 0 Å². The first-order valence-corrected chi connectivity index (χ1v) is 7.05. The fraction of sp³-hybridized carbons (Fsp3) is 0.312. The van der Waals surface area contributed by atoms with Crippen LogP contribution >= 0.6 is 0 Å². The van der Waals surface area contributed by atoms with Crippen molar-refractivity contribution in [1.82, 2.24) is 9.47 Å². The Morgan fingerprint density at radius 2 is 2.10 bits per heavy atom. The minimum atomic E-state index is -0.958. The van der Waals surface area contributed by atoms with Crippen molar-refractivity contribution in [3.05, 3.63) is 42.1 Å². The van der Waals surface area contributed by atoms with Crippen LogP contribution in [0.5, 0.6) is 0 Å². The molecule has 1 aliphatic heterocycles. The van der Waals surface area contributed by atoms with E-state index in [1.807, 2.05) is 24.3 Å². The van der Waals surface area contributed by atoms with Gasteiger partial charge in [0.25, 0.3) is 0 Å². The highest BCUT2D eigenvalue weighted by atomic mass is 16.5. The first-order valence-electron chi connectivity index (χ1n) is 7.05. The van der Waals surface area contributed by atoms with Crippen molar-refractivity contribution in [3.8, 4) is 0 Å². The summed E-state index contributed by atoms with van der Waals surface area (Å²) in [6, 6.07) is 7.61. The zero-order valence-electron chi connectivity index (χ0n) is 11.7. The molecule has 1 saturated heterocycles. The highest BCUT2D eigenvalue weighted by Crippen LogP contribution is 2.18. The van der Waals surface area contributed by atoms with Gasteiger partial charge in [0.15, 0.2) is 0 Å². The molecule has 0 atom stereocenters. The lowest BCUT2D eigenvalue weighted by Gasteiger charge is -2.25. The van der Waals surface area contributed by atoms with Gasteiger partial charge >= 0.3 is 6.09 Å². The summed E-state index contributed by atoms with van der Waals surface area (Å²) in [6.45, 7) is 4.48. The number of morpholine rings is 1. The van der Waals surface area contributed by atoms with Crippen molar-refractivity contribution in [1.29, 1.82) is 0 Å². The molecule has 1 fully saturated rings. The number of rotatable bonds is 3. The van der Waals surface area contributed by atoms with E-state index in [-0.39, 0.29) is 0 Å². The lowest BCUT2D eigenvalue weighted by molar-refractivity contribution is 0.0435. The number of benzene rings is 1. The van der Waals surface area contributed by atoms with E-state index < -0.39 is 6.09 Å². The highest BCUT2D eigenvalue weighted by molar-refractivity contribution is 5.90. The van der Waals surface area contributed by atoms with E-state index in [0.29, 0.717) is 5.52 Å². The standard InChI is InChI=1S/C16H18N2O3/c19-16(20)18-7-5-14-12-13(3-4-15(14)18)2-1-6-17-8-10-21-11-9-17/h1-5,7,12H,6,8-11H2,(H,19,20)/b2-1+. The molecule has 0 aliphatic carbocycles. The molecule has 5 heteroatoms. The van der Waals surface area contributed by atoms with E-state index in [1.54, 1.807) is 6.20 Å². The lowest BCUT2D eigenvalue weighted by Crippen LogP contribution is -2.36. The van der Waals surface area contributed by atoms with Crippen LogP contribution in [0.15, 0.2) is 36.5 Å². The molecule has 0 radical (unpaired) electrons. The van der Waals surface area contributed by atoms with E-state index in [0.717, 1.165) is 43.8 Å². The van der Waals surface area contributed by atoms with Gasteiger partial charge in [0.1, 0.15) is 0 Å². The molecule has 110 valence electrons. The Morgan fingerprint density at radius 3 is 2.86 bits per heavy atom. The van der Waals surface area contributed by atoms with Gasteiger partial charge in [0, 0.05) is 31.2 Å². The zero-order chi connectivity index (χ0) is 14.7. The monoisotopic (exact) mass is 286 g/mol. The van der Waals surface area contributed by atoms with Gasteiger partial charge in [-0.2, -0.15) is 0 Å². The first kappa shape index (κ1) is 13.9. The maximum absolute atomic E-state index is 11.0. The normalized spacial score (nSPS) is 16.8. The molecule has 1 aromatic carbocycles. The molecule has 1 aliphatic rings. The maximum atomic E-state index is 11.0. The van der Waals surface area contributed by atoms with Crippen LogP contribution in [0.3, 0.4) is 0 Å². The second-order valence-electron chi connectivity index (χ2n) is 5.10. The molecule has 3 rings (SSSR count). The predicted molar refractivity (Wildman–Crippen MR) is 81.7 cm³/mol. The number of aromatic nitrogens is 1. The average molecular weight is 286 g/mol. The molecule has 0 unspecified atom stereocenters. The summed E-state index contributed by atoms with van der Waals surface area (Å²) < 4.78 is 6.55. The Morgan fingerprint density at radius 1 is 1.29 bits per heavy atom. The maximum Gasteiger partial charge on any atom is 0.415 e. The molecule has 5 nitrogen and oxygen atoms in total. The largest absolute Gasteiger partial charge is 0.464 e. The first-order chi connectivity index (χ1) is 10.2. The molecular formula is C16H18N2O3. The summed E-state index contributed by atoms with van der Waals surface area (Å²) in [5.41, 5.74) is 1.80. The summed E-state index contributed by atoms with van der Waals surface area (Å²) in [7, 11) is 0. The van der Waals surface area contributed by atoms with Crippen LogP contribution in [0, 0.1) is 0 Å². The topological polar surface area (TPSA) is 54.7 Å². The van der Waals surface area contributed by atoms with Gasteiger partial charge in [-0.3, -0.25) is 9.47 Å². The fourth-order valence-electron chi connectivity index (χ4n) is 2.55. The summed E-state index contributed by atoms with van der Waals surface area (Å²) in [5, 5.41) is 10.00. The molecule has 2 aromatic rings. The quantitative estimate of drug-likeness (QED) is 0.942. The second kappa shape index (κ2) is 6.11. The van der Waals surface area contributed by atoms with E-state index in [1.165, 1.54) is 4.57 Å². The second-order valence-corrected chi connectivity index (χ2v) is 5.10. The van der Waals surface area contributed by atoms with Crippen LogP contribution in [-0.2, 0) is 4.74 Å². The highest BCUT2D eigenvalue weighted by Gasteiger charge is 2.08. The van der Waals surface area contributed by atoms with Crippen molar-refractivity contribution in [2.45, 2.75) is 0 Å². The van der Waals surface area contributed by atoms with Gasteiger partial charge in [0.05, 0.1) is 18.7 Å². The fourth-order valence-corrected chi connectivity index (χ4v) is 2.55.